The summed E-state index contributed by atoms with van der Waals surface area (Å²) in [6, 6.07) is 7.70. The number of halogens is 1. The predicted octanol–water partition coefficient (Wildman–Crippen LogP) is 3.82. The van der Waals surface area contributed by atoms with Crippen LogP contribution in [0.3, 0.4) is 0 Å². The van der Waals surface area contributed by atoms with Gasteiger partial charge in [0.25, 0.3) is 0 Å². The Balaban J connectivity index is 2.22. The lowest BCUT2D eigenvalue weighted by Gasteiger charge is -2.08. The van der Waals surface area contributed by atoms with Crippen molar-refractivity contribution in [2.45, 2.75) is 25.7 Å². The highest BCUT2D eigenvalue weighted by Gasteiger charge is 2.24. The summed E-state index contributed by atoms with van der Waals surface area (Å²) in [6.07, 6.45) is 4.56. The molecule has 1 fully saturated rings. The number of hydrogen-bond donors (Lipinski definition) is 0. The zero-order valence-corrected chi connectivity index (χ0v) is 9.59. The third kappa shape index (κ3) is 1.90. The lowest BCUT2D eigenvalue weighted by atomic mass is 9.96. The van der Waals surface area contributed by atoms with Crippen molar-refractivity contribution in [2.75, 3.05) is 0 Å². The Morgan fingerprint density at radius 3 is 2.50 bits per heavy atom. The molecule has 0 amide bonds. The summed E-state index contributed by atoms with van der Waals surface area (Å²) >= 11 is 3.42. The molecule has 0 bridgehead atoms. The van der Waals surface area contributed by atoms with Gasteiger partial charge in [0.15, 0.2) is 5.78 Å². The van der Waals surface area contributed by atoms with Crippen LogP contribution >= 0.6 is 15.9 Å². The molecule has 0 saturated heterocycles. The lowest BCUT2D eigenvalue weighted by Crippen LogP contribution is -2.11. The molecule has 2 heteroatoms. The van der Waals surface area contributed by atoms with Crippen LogP contribution in [0.15, 0.2) is 28.7 Å². The van der Waals surface area contributed by atoms with Crippen molar-refractivity contribution in [1.82, 2.24) is 0 Å². The van der Waals surface area contributed by atoms with Crippen LogP contribution in [0.1, 0.15) is 36.0 Å². The molecule has 1 aliphatic rings. The molecule has 1 aromatic carbocycles. The van der Waals surface area contributed by atoms with Crippen LogP contribution in [-0.2, 0) is 0 Å². The Hall–Kier alpha value is -0.630. The highest BCUT2D eigenvalue weighted by Crippen LogP contribution is 2.30. The van der Waals surface area contributed by atoms with E-state index in [0.717, 1.165) is 22.9 Å². The van der Waals surface area contributed by atoms with E-state index in [1.807, 2.05) is 24.3 Å². The standard InChI is InChI=1S/C12H13BrO/c13-11-8-4-3-7-10(11)12(14)9-5-1-2-6-9/h3-4,7-9H,1-2,5-6H2. The molecular formula is C12H13BrO. The van der Waals surface area contributed by atoms with Crippen molar-refractivity contribution >= 4 is 21.7 Å². The molecule has 0 spiro atoms. The highest BCUT2D eigenvalue weighted by atomic mass is 79.9. The molecule has 74 valence electrons. The van der Waals surface area contributed by atoms with E-state index in [0.29, 0.717) is 5.78 Å². The fourth-order valence-electron chi connectivity index (χ4n) is 2.07. The average molecular weight is 253 g/mol. The Labute approximate surface area is 92.6 Å². The van der Waals surface area contributed by atoms with Gasteiger partial charge in [-0.3, -0.25) is 4.79 Å². The number of Topliss-reactive ketones (excluding diaryl/α,β-unsaturated/α-hetero) is 1. The van der Waals surface area contributed by atoms with Crippen molar-refractivity contribution in [2.24, 2.45) is 5.92 Å². The molecule has 0 heterocycles. The molecule has 0 radical (unpaired) electrons. The van der Waals surface area contributed by atoms with E-state index in [-0.39, 0.29) is 5.92 Å². The molecule has 0 atom stereocenters. The summed E-state index contributed by atoms with van der Waals surface area (Å²) in [4.78, 5) is 12.0. The van der Waals surface area contributed by atoms with E-state index in [9.17, 15) is 4.79 Å². The van der Waals surface area contributed by atoms with Crippen LogP contribution in [0, 0.1) is 5.92 Å². The molecule has 2 rings (SSSR count). The van der Waals surface area contributed by atoms with Crippen LogP contribution in [0.5, 0.6) is 0 Å². The number of carbonyl (C=O) groups excluding carboxylic acids is 1. The van der Waals surface area contributed by atoms with Gasteiger partial charge in [-0.1, -0.05) is 47.0 Å². The molecule has 0 N–H and O–H groups in total. The third-order valence-electron chi connectivity index (χ3n) is 2.87. The molecule has 0 unspecified atom stereocenters. The van der Waals surface area contributed by atoms with Gasteiger partial charge in [0.05, 0.1) is 0 Å². The summed E-state index contributed by atoms with van der Waals surface area (Å²) < 4.78 is 0.928. The first-order chi connectivity index (χ1) is 6.79. The minimum atomic E-state index is 0.272. The van der Waals surface area contributed by atoms with Gasteiger partial charge < -0.3 is 0 Å². The zero-order chi connectivity index (χ0) is 9.97. The maximum atomic E-state index is 12.0. The molecule has 0 aliphatic heterocycles. The molecule has 1 saturated carbocycles. The molecule has 0 aromatic heterocycles. The third-order valence-corrected chi connectivity index (χ3v) is 3.56. The first-order valence-corrected chi connectivity index (χ1v) is 5.87. The van der Waals surface area contributed by atoms with Crippen molar-refractivity contribution in [3.05, 3.63) is 34.3 Å². The maximum absolute atomic E-state index is 12.0. The van der Waals surface area contributed by atoms with Gasteiger partial charge in [-0.15, -0.1) is 0 Å². The highest BCUT2D eigenvalue weighted by molar-refractivity contribution is 9.10. The Morgan fingerprint density at radius 1 is 1.21 bits per heavy atom. The first kappa shape index (κ1) is 9.91. The second kappa shape index (κ2) is 4.26. The number of ketones is 1. The van der Waals surface area contributed by atoms with Gasteiger partial charge in [0, 0.05) is 16.0 Å². The van der Waals surface area contributed by atoms with E-state index < -0.39 is 0 Å². The molecular weight excluding hydrogens is 240 g/mol. The van der Waals surface area contributed by atoms with Crippen LogP contribution in [0.4, 0.5) is 0 Å². The molecule has 1 aliphatic carbocycles. The molecule has 1 nitrogen and oxygen atoms in total. The fraction of sp³-hybridized carbons (Fsp3) is 0.417. The van der Waals surface area contributed by atoms with E-state index in [1.165, 1.54) is 12.8 Å². The minimum Gasteiger partial charge on any atom is -0.294 e. The van der Waals surface area contributed by atoms with Gasteiger partial charge in [-0.25, -0.2) is 0 Å². The van der Waals surface area contributed by atoms with Gasteiger partial charge in [0.2, 0.25) is 0 Å². The number of carbonyl (C=O) groups is 1. The predicted molar refractivity (Wildman–Crippen MR) is 60.4 cm³/mol. The lowest BCUT2D eigenvalue weighted by molar-refractivity contribution is 0.0922. The summed E-state index contributed by atoms with van der Waals surface area (Å²) in [7, 11) is 0. The van der Waals surface area contributed by atoms with E-state index >= 15 is 0 Å². The Bertz CT molecular complexity index is 340. The van der Waals surface area contributed by atoms with Crippen molar-refractivity contribution < 1.29 is 4.79 Å². The minimum absolute atomic E-state index is 0.272. The van der Waals surface area contributed by atoms with Crippen molar-refractivity contribution in [3.8, 4) is 0 Å². The molecule has 1 aromatic rings. The Morgan fingerprint density at radius 2 is 1.86 bits per heavy atom. The van der Waals surface area contributed by atoms with Crippen LogP contribution in [0.25, 0.3) is 0 Å². The first-order valence-electron chi connectivity index (χ1n) is 5.08. The smallest absolute Gasteiger partial charge is 0.167 e. The van der Waals surface area contributed by atoms with Crippen LogP contribution < -0.4 is 0 Å². The van der Waals surface area contributed by atoms with Gasteiger partial charge >= 0.3 is 0 Å². The fourth-order valence-corrected chi connectivity index (χ4v) is 2.55. The summed E-state index contributed by atoms with van der Waals surface area (Å²) in [5, 5.41) is 0. The molecule has 14 heavy (non-hydrogen) atoms. The van der Waals surface area contributed by atoms with Crippen LogP contribution in [-0.4, -0.2) is 5.78 Å². The Kier molecular flexibility index (Phi) is 3.02. The topological polar surface area (TPSA) is 17.1 Å². The van der Waals surface area contributed by atoms with Gasteiger partial charge in [-0.05, 0) is 18.9 Å². The number of rotatable bonds is 2. The summed E-state index contributed by atoms with van der Waals surface area (Å²) in [6.45, 7) is 0. The average Bonchev–Trinajstić information content (AvgIpc) is 2.70. The second-order valence-corrected chi connectivity index (χ2v) is 4.68. The monoisotopic (exact) mass is 252 g/mol. The van der Waals surface area contributed by atoms with E-state index in [4.69, 9.17) is 0 Å². The summed E-state index contributed by atoms with van der Waals surface area (Å²) in [5.41, 5.74) is 0.847. The zero-order valence-electron chi connectivity index (χ0n) is 8.00. The summed E-state index contributed by atoms with van der Waals surface area (Å²) in [5.74, 6) is 0.587. The normalized spacial score (nSPS) is 17.2. The number of hydrogen-bond acceptors (Lipinski definition) is 1. The van der Waals surface area contributed by atoms with Gasteiger partial charge in [-0.2, -0.15) is 0 Å². The van der Waals surface area contributed by atoms with Crippen molar-refractivity contribution in [3.63, 3.8) is 0 Å². The SMILES string of the molecule is O=C(c1ccccc1Br)C1CCCC1. The van der Waals surface area contributed by atoms with E-state index in [1.54, 1.807) is 0 Å². The largest absolute Gasteiger partial charge is 0.294 e. The second-order valence-electron chi connectivity index (χ2n) is 3.83. The van der Waals surface area contributed by atoms with Crippen LogP contribution in [0.2, 0.25) is 0 Å². The maximum Gasteiger partial charge on any atom is 0.167 e. The van der Waals surface area contributed by atoms with Crippen molar-refractivity contribution in [1.29, 1.82) is 0 Å². The quantitative estimate of drug-likeness (QED) is 0.732. The number of benzene rings is 1. The van der Waals surface area contributed by atoms with E-state index in [2.05, 4.69) is 15.9 Å². The van der Waals surface area contributed by atoms with Gasteiger partial charge in [0.1, 0.15) is 0 Å².